The lowest BCUT2D eigenvalue weighted by atomic mass is 10.2. The highest BCUT2D eigenvalue weighted by atomic mass is 35.5. The molecule has 0 saturated heterocycles. The van der Waals surface area contributed by atoms with Crippen LogP contribution in [0.1, 0.15) is 13.8 Å². The second-order valence-electron chi connectivity index (χ2n) is 5.21. The van der Waals surface area contributed by atoms with Crippen LogP contribution >= 0.6 is 11.6 Å². The van der Waals surface area contributed by atoms with Crippen molar-refractivity contribution in [3.8, 4) is 5.75 Å². The lowest BCUT2D eigenvalue weighted by Gasteiger charge is -2.22. The van der Waals surface area contributed by atoms with Gasteiger partial charge in [-0.2, -0.15) is 0 Å². The van der Waals surface area contributed by atoms with Crippen LogP contribution in [0.25, 0.3) is 0 Å². The Labute approximate surface area is 137 Å². The van der Waals surface area contributed by atoms with Crippen LogP contribution in [0, 0.1) is 5.92 Å². The van der Waals surface area contributed by atoms with Gasteiger partial charge in [0.1, 0.15) is 12.4 Å². The third-order valence-corrected chi connectivity index (χ3v) is 3.29. The van der Waals surface area contributed by atoms with Gasteiger partial charge in [-0.05, 0) is 31.0 Å². The number of aliphatic hydroxyl groups is 1. The Morgan fingerprint density at radius 1 is 1.50 bits per heavy atom. The summed E-state index contributed by atoms with van der Waals surface area (Å²) in [5.41, 5.74) is 0. The predicted octanol–water partition coefficient (Wildman–Crippen LogP) is 2.24. The summed E-state index contributed by atoms with van der Waals surface area (Å²) < 4.78 is 5.68. The van der Waals surface area contributed by atoms with E-state index in [-0.39, 0.29) is 12.5 Å². The molecule has 0 aliphatic rings. The molecule has 0 aliphatic heterocycles. The van der Waals surface area contributed by atoms with E-state index in [1.807, 2.05) is 44.0 Å². The van der Waals surface area contributed by atoms with E-state index < -0.39 is 0 Å². The number of guanidine groups is 1. The van der Waals surface area contributed by atoms with E-state index in [0.717, 1.165) is 18.3 Å². The number of nitrogens with one attached hydrogen (secondary N) is 1. The van der Waals surface area contributed by atoms with Crippen LogP contribution in [0.15, 0.2) is 29.3 Å². The fourth-order valence-corrected chi connectivity index (χ4v) is 1.91. The van der Waals surface area contributed by atoms with Crippen molar-refractivity contribution in [2.75, 3.05) is 39.9 Å². The van der Waals surface area contributed by atoms with Gasteiger partial charge in [0.15, 0.2) is 5.96 Å². The third-order valence-electron chi connectivity index (χ3n) is 3.05. The fraction of sp³-hybridized carbons (Fsp3) is 0.562. The molecule has 0 bridgehead atoms. The van der Waals surface area contributed by atoms with Gasteiger partial charge in [0.25, 0.3) is 0 Å². The Morgan fingerprint density at radius 3 is 2.91 bits per heavy atom. The number of hydrogen-bond acceptors (Lipinski definition) is 3. The standard InChI is InChI=1S/C16H26ClN3O2/c1-4-18-16(19-11-13(2)12-21)20(3)8-9-22-15-7-5-6-14(17)10-15/h5-7,10,13,21H,4,8-9,11-12H2,1-3H3,(H,18,19). The van der Waals surface area contributed by atoms with Gasteiger partial charge in [0, 0.05) is 31.8 Å². The Balaban J connectivity index is 2.47. The number of halogens is 1. The molecule has 1 rings (SSSR count). The van der Waals surface area contributed by atoms with Gasteiger partial charge in [-0.25, -0.2) is 0 Å². The molecule has 0 heterocycles. The average Bonchev–Trinajstić information content (AvgIpc) is 2.51. The summed E-state index contributed by atoms with van der Waals surface area (Å²) >= 11 is 5.92. The van der Waals surface area contributed by atoms with E-state index in [1.165, 1.54) is 0 Å². The number of likely N-dealkylation sites (N-methyl/N-ethyl adjacent to an activating group) is 1. The Kier molecular flexibility index (Phi) is 8.70. The average molecular weight is 328 g/mol. The lowest BCUT2D eigenvalue weighted by Crippen LogP contribution is -2.41. The molecule has 0 fully saturated rings. The molecule has 0 radical (unpaired) electrons. The monoisotopic (exact) mass is 327 g/mol. The normalized spacial score (nSPS) is 12.9. The molecule has 5 nitrogen and oxygen atoms in total. The minimum atomic E-state index is 0.143. The molecule has 0 aromatic heterocycles. The van der Waals surface area contributed by atoms with Crippen molar-refractivity contribution in [1.29, 1.82) is 0 Å². The maximum absolute atomic E-state index is 9.07. The Hall–Kier alpha value is -1.46. The van der Waals surface area contributed by atoms with E-state index in [1.54, 1.807) is 6.07 Å². The zero-order valence-corrected chi connectivity index (χ0v) is 14.3. The highest BCUT2D eigenvalue weighted by Crippen LogP contribution is 2.16. The number of hydrogen-bond donors (Lipinski definition) is 2. The molecular weight excluding hydrogens is 302 g/mol. The van der Waals surface area contributed by atoms with E-state index >= 15 is 0 Å². The minimum Gasteiger partial charge on any atom is -0.492 e. The number of aliphatic hydroxyl groups excluding tert-OH is 1. The summed E-state index contributed by atoms with van der Waals surface area (Å²) in [6.07, 6.45) is 0. The first-order valence-corrected chi connectivity index (χ1v) is 7.93. The molecule has 22 heavy (non-hydrogen) atoms. The summed E-state index contributed by atoms with van der Waals surface area (Å²) in [5.74, 6) is 1.74. The molecule has 124 valence electrons. The molecule has 1 atom stereocenters. The maximum atomic E-state index is 9.07. The van der Waals surface area contributed by atoms with E-state index in [0.29, 0.717) is 24.7 Å². The summed E-state index contributed by atoms with van der Waals surface area (Å²) in [5, 5.41) is 13.0. The van der Waals surface area contributed by atoms with Crippen LogP contribution in [-0.2, 0) is 0 Å². The zero-order chi connectivity index (χ0) is 16.4. The minimum absolute atomic E-state index is 0.143. The molecule has 0 spiro atoms. The quantitative estimate of drug-likeness (QED) is 0.568. The number of nitrogens with zero attached hydrogens (tertiary/aromatic N) is 2. The van der Waals surface area contributed by atoms with E-state index in [4.69, 9.17) is 21.4 Å². The smallest absolute Gasteiger partial charge is 0.193 e. The number of benzene rings is 1. The molecule has 6 heteroatoms. The molecule has 0 aliphatic carbocycles. The molecule has 0 saturated carbocycles. The van der Waals surface area contributed by atoms with Crippen LogP contribution < -0.4 is 10.1 Å². The van der Waals surface area contributed by atoms with Gasteiger partial charge < -0.3 is 20.1 Å². The fourth-order valence-electron chi connectivity index (χ4n) is 1.73. The van der Waals surface area contributed by atoms with Crippen molar-refractivity contribution in [2.45, 2.75) is 13.8 Å². The SMILES string of the molecule is CCNC(=NCC(C)CO)N(C)CCOc1cccc(Cl)c1. The highest BCUT2D eigenvalue weighted by Gasteiger charge is 2.07. The van der Waals surface area contributed by atoms with Gasteiger partial charge in [-0.3, -0.25) is 4.99 Å². The second kappa shape index (κ2) is 10.3. The van der Waals surface area contributed by atoms with Crippen molar-refractivity contribution in [1.82, 2.24) is 10.2 Å². The van der Waals surface area contributed by atoms with Crippen molar-refractivity contribution < 1.29 is 9.84 Å². The van der Waals surface area contributed by atoms with Crippen molar-refractivity contribution in [3.05, 3.63) is 29.3 Å². The Bertz CT molecular complexity index is 468. The van der Waals surface area contributed by atoms with Crippen LogP contribution in [0.2, 0.25) is 5.02 Å². The summed E-state index contributed by atoms with van der Waals surface area (Å²) in [6.45, 7) is 6.77. The van der Waals surface area contributed by atoms with E-state index in [2.05, 4.69) is 10.3 Å². The molecule has 2 N–H and O–H groups in total. The van der Waals surface area contributed by atoms with Crippen LogP contribution in [0.3, 0.4) is 0 Å². The summed E-state index contributed by atoms with van der Waals surface area (Å²) in [6, 6.07) is 7.36. The zero-order valence-electron chi connectivity index (χ0n) is 13.6. The number of aliphatic imine (C=N–C) groups is 1. The van der Waals surface area contributed by atoms with Crippen LogP contribution in [0.4, 0.5) is 0 Å². The molecule has 1 aromatic carbocycles. The van der Waals surface area contributed by atoms with Gasteiger partial charge in [0.05, 0.1) is 6.54 Å². The Morgan fingerprint density at radius 2 is 2.27 bits per heavy atom. The molecule has 1 unspecified atom stereocenters. The van der Waals surface area contributed by atoms with Crippen molar-refractivity contribution in [3.63, 3.8) is 0 Å². The third kappa shape index (κ3) is 7.00. The van der Waals surface area contributed by atoms with Crippen molar-refractivity contribution in [2.24, 2.45) is 10.9 Å². The predicted molar refractivity (Wildman–Crippen MR) is 91.8 cm³/mol. The summed E-state index contributed by atoms with van der Waals surface area (Å²) in [7, 11) is 1.96. The first kappa shape index (κ1) is 18.6. The molecule has 0 amide bonds. The topological polar surface area (TPSA) is 57.1 Å². The van der Waals surface area contributed by atoms with Crippen molar-refractivity contribution >= 4 is 17.6 Å². The van der Waals surface area contributed by atoms with Gasteiger partial charge in [0.2, 0.25) is 0 Å². The van der Waals surface area contributed by atoms with Gasteiger partial charge in [-0.15, -0.1) is 0 Å². The van der Waals surface area contributed by atoms with Crippen LogP contribution in [0.5, 0.6) is 5.75 Å². The van der Waals surface area contributed by atoms with Gasteiger partial charge >= 0.3 is 0 Å². The summed E-state index contributed by atoms with van der Waals surface area (Å²) in [4.78, 5) is 6.53. The lowest BCUT2D eigenvalue weighted by molar-refractivity contribution is 0.241. The first-order valence-electron chi connectivity index (χ1n) is 7.55. The molecule has 1 aromatic rings. The van der Waals surface area contributed by atoms with Crippen LogP contribution in [-0.4, -0.2) is 55.9 Å². The largest absolute Gasteiger partial charge is 0.492 e. The first-order chi connectivity index (χ1) is 10.6. The van der Waals surface area contributed by atoms with Gasteiger partial charge in [-0.1, -0.05) is 24.6 Å². The number of rotatable bonds is 8. The highest BCUT2D eigenvalue weighted by molar-refractivity contribution is 6.30. The second-order valence-corrected chi connectivity index (χ2v) is 5.65. The molecular formula is C16H26ClN3O2. The number of ether oxygens (including phenoxy) is 1. The van der Waals surface area contributed by atoms with E-state index in [9.17, 15) is 0 Å². The maximum Gasteiger partial charge on any atom is 0.193 e.